The van der Waals surface area contributed by atoms with Crippen LogP contribution in [-0.4, -0.2) is 15.9 Å². The van der Waals surface area contributed by atoms with E-state index in [0.29, 0.717) is 11.3 Å². The molecule has 0 atom stereocenters. The minimum absolute atomic E-state index is 0.149. The molecule has 1 heterocycles. The van der Waals surface area contributed by atoms with Crippen LogP contribution in [0.2, 0.25) is 5.02 Å². The van der Waals surface area contributed by atoms with Gasteiger partial charge in [0.1, 0.15) is 10.8 Å². The molecule has 0 unspecified atom stereocenters. The second kappa shape index (κ2) is 5.51. The number of nitrogens with one attached hydrogen (secondary N) is 1. The Morgan fingerprint density at radius 1 is 1.32 bits per heavy atom. The Morgan fingerprint density at radius 3 is 2.58 bits per heavy atom. The van der Waals surface area contributed by atoms with Crippen LogP contribution in [0, 0.1) is 0 Å². The molecular formula is C11H10ClN5O2. The van der Waals surface area contributed by atoms with Gasteiger partial charge in [-0.3, -0.25) is 10.2 Å². The smallest absolute Gasteiger partial charge is 0.248 e. The first kappa shape index (κ1) is 13.1. The van der Waals surface area contributed by atoms with E-state index in [4.69, 9.17) is 27.9 Å². The van der Waals surface area contributed by atoms with Crippen molar-refractivity contribution in [1.82, 2.24) is 9.97 Å². The van der Waals surface area contributed by atoms with Crippen LogP contribution in [-0.2, 0) is 0 Å². The summed E-state index contributed by atoms with van der Waals surface area (Å²) >= 11 is 5.89. The molecule has 19 heavy (non-hydrogen) atoms. The zero-order valence-electron chi connectivity index (χ0n) is 9.63. The van der Waals surface area contributed by atoms with Gasteiger partial charge in [-0.25, -0.2) is 10.8 Å². The first-order valence-electron chi connectivity index (χ1n) is 5.17. The molecule has 0 bridgehead atoms. The van der Waals surface area contributed by atoms with Crippen LogP contribution in [0.25, 0.3) is 0 Å². The summed E-state index contributed by atoms with van der Waals surface area (Å²) < 4.78 is 5.46. The highest BCUT2D eigenvalue weighted by Crippen LogP contribution is 2.27. The molecule has 0 aliphatic carbocycles. The average molecular weight is 280 g/mol. The molecule has 0 spiro atoms. The lowest BCUT2D eigenvalue weighted by Crippen LogP contribution is -2.11. The van der Waals surface area contributed by atoms with Crippen molar-refractivity contribution in [1.29, 1.82) is 0 Å². The van der Waals surface area contributed by atoms with Crippen LogP contribution in [0.3, 0.4) is 0 Å². The van der Waals surface area contributed by atoms with E-state index in [1.54, 1.807) is 12.1 Å². The highest BCUT2D eigenvalue weighted by Gasteiger charge is 2.08. The monoisotopic (exact) mass is 279 g/mol. The topological polar surface area (TPSA) is 116 Å². The maximum atomic E-state index is 10.9. The third-order valence-electron chi connectivity index (χ3n) is 2.19. The summed E-state index contributed by atoms with van der Waals surface area (Å²) in [6, 6.07) is 6.23. The Bertz CT molecular complexity index is 603. The van der Waals surface area contributed by atoms with Gasteiger partial charge in [-0.15, -0.1) is 0 Å². The third kappa shape index (κ3) is 3.09. The van der Waals surface area contributed by atoms with Crippen LogP contribution in [0.5, 0.6) is 11.6 Å². The average Bonchev–Trinajstić information content (AvgIpc) is 2.42. The minimum atomic E-state index is -0.513. The second-order valence-corrected chi connectivity index (χ2v) is 3.89. The molecule has 98 valence electrons. The van der Waals surface area contributed by atoms with Gasteiger partial charge in [0.2, 0.25) is 17.7 Å². The number of halogens is 1. The molecule has 1 aromatic heterocycles. The molecule has 0 saturated carbocycles. The van der Waals surface area contributed by atoms with Gasteiger partial charge >= 0.3 is 0 Å². The summed E-state index contributed by atoms with van der Waals surface area (Å²) in [7, 11) is 0. The number of carbonyl (C=O) groups excluding carboxylic acids is 1. The van der Waals surface area contributed by atoms with E-state index in [2.05, 4.69) is 15.4 Å². The number of nitrogen functional groups attached to an aromatic ring is 1. The van der Waals surface area contributed by atoms with Crippen molar-refractivity contribution in [2.75, 3.05) is 5.43 Å². The molecule has 0 fully saturated rings. The Kier molecular flexibility index (Phi) is 3.79. The fraction of sp³-hybridized carbons (Fsp3) is 0. The Morgan fingerprint density at radius 2 is 2.00 bits per heavy atom. The van der Waals surface area contributed by atoms with E-state index in [-0.39, 0.29) is 16.9 Å². The Labute approximate surface area is 113 Å². The lowest BCUT2D eigenvalue weighted by atomic mass is 10.2. The van der Waals surface area contributed by atoms with Gasteiger partial charge in [-0.2, -0.15) is 4.98 Å². The number of benzene rings is 1. The molecule has 5 N–H and O–H groups in total. The van der Waals surface area contributed by atoms with Gasteiger partial charge in [0.05, 0.1) is 6.20 Å². The number of primary amides is 1. The quantitative estimate of drug-likeness (QED) is 0.574. The van der Waals surface area contributed by atoms with Crippen molar-refractivity contribution in [3.63, 3.8) is 0 Å². The number of hydrogen-bond acceptors (Lipinski definition) is 6. The highest BCUT2D eigenvalue weighted by molar-refractivity contribution is 6.31. The van der Waals surface area contributed by atoms with Gasteiger partial charge in [0.25, 0.3) is 0 Å². The Hall–Kier alpha value is -2.38. The summed E-state index contributed by atoms with van der Waals surface area (Å²) in [5, 5.41) is 0.234. The van der Waals surface area contributed by atoms with Gasteiger partial charge in [0, 0.05) is 5.56 Å². The van der Waals surface area contributed by atoms with Crippen molar-refractivity contribution in [3.05, 3.63) is 41.0 Å². The largest absolute Gasteiger partial charge is 0.437 e. The molecule has 1 amide bonds. The predicted molar refractivity (Wildman–Crippen MR) is 69.9 cm³/mol. The fourth-order valence-corrected chi connectivity index (χ4v) is 1.42. The molecular weight excluding hydrogens is 270 g/mol. The number of amides is 1. The lowest BCUT2D eigenvalue weighted by molar-refractivity contribution is 0.100. The van der Waals surface area contributed by atoms with Crippen molar-refractivity contribution >= 4 is 23.5 Å². The first-order valence-corrected chi connectivity index (χ1v) is 5.55. The molecule has 2 rings (SSSR count). The zero-order valence-corrected chi connectivity index (χ0v) is 10.4. The van der Waals surface area contributed by atoms with Crippen LogP contribution >= 0.6 is 11.6 Å². The highest BCUT2D eigenvalue weighted by atomic mass is 35.5. The number of nitrogens with two attached hydrogens (primary N) is 2. The number of aromatic nitrogens is 2. The summed E-state index contributed by atoms with van der Waals surface area (Å²) in [5.74, 6) is 5.45. The van der Waals surface area contributed by atoms with Gasteiger partial charge in [0.15, 0.2) is 0 Å². The predicted octanol–water partition coefficient (Wildman–Crippen LogP) is 1.31. The molecule has 0 saturated heterocycles. The van der Waals surface area contributed by atoms with Crippen molar-refractivity contribution in [2.45, 2.75) is 0 Å². The molecule has 8 heteroatoms. The van der Waals surface area contributed by atoms with E-state index in [1.807, 2.05) is 0 Å². The van der Waals surface area contributed by atoms with E-state index < -0.39 is 5.91 Å². The maximum Gasteiger partial charge on any atom is 0.248 e. The number of rotatable bonds is 4. The zero-order chi connectivity index (χ0) is 13.8. The van der Waals surface area contributed by atoms with Crippen LogP contribution in [0.15, 0.2) is 30.5 Å². The summed E-state index contributed by atoms with van der Waals surface area (Å²) in [4.78, 5) is 18.7. The molecule has 0 aliphatic heterocycles. The van der Waals surface area contributed by atoms with Crippen LogP contribution in [0.4, 0.5) is 5.95 Å². The Balaban J connectivity index is 2.23. The summed E-state index contributed by atoms with van der Waals surface area (Å²) in [5.41, 5.74) is 7.80. The SMILES string of the molecule is NNc1ncc(Cl)c(Oc2ccc(C(N)=O)cc2)n1. The van der Waals surface area contributed by atoms with Crippen molar-refractivity contribution < 1.29 is 9.53 Å². The van der Waals surface area contributed by atoms with E-state index in [0.717, 1.165) is 0 Å². The molecule has 7 nitrogen and oxygen atoms in total. The minimum Gasteiger partial charge on any atom is -0.437 e. The number of carbonyl (C=O) groups is 1. The van der Waals surface area contributed by atoms with Gasteiger partial charge in [-0.1, -0.05) is 11.6 Å². The van der Waals surface area contributed by atoms with Crippen LogP contribution < -0.4 is 21.7 Å². The molecule has 0 aliphatic rings. The third-order valence-corrected chi connectivity index (χ3v) is 2.45. The summed E-state index contributed by atoms with van der Waals surface area (Å²) in [6.07, 6.45) is 1.36. The van der Waals surface area contributed by atoms with Gasteiger partial charge in [-0.05, 0) is 24.3 Å². The number of hydrogen-bond donors (Lipinski definition) is 3. The number of ether oxygens (including phenoxy) is 1. The number of hydrazine groups is 1. The lowest BCUT2D eigenvalue weighted by Gasteiger charge is -2.07. The number of anilines is 1. The van der Waals surface area contributed by atoms with Crippen molar-refractivity contribution in [3.8, 4) is 11.6 Å². The van der Waals surface area contributed by atoms with Crippen LogP contribution in [0.1, 0.15) is 10.4 Å². The normalized spacial score (nSPS) is 10.0. The number of nitrogens with zero attached hydrogens (tertiary/aromatic N) is 2. The molecule has 0 radical (unpaired) electrons. The van der Waals surface area contributed by atoms with Gasteiger partial charge < -0.3 is 10.5 Å². The standard InChI is InChI=1S/C11H10ClN5O2/c12-8-5-15-11(17-14)16-10(8)19-7-3-1-6(2-4-7)9(13)18/h1-5H,14H2,(H2,13,18)(H,15,16,17). The molecule has 2 aromatic rings. The fourth-order valence-electron chi connectivity index (χ4n) is 1.29. The summed E-state index contributed by atoms with van der Waals surface area (Å²) in [6.45, 7) is 0. The van der Waals surface area contributed by atoms with E-state index in [9.17, 15) is 4.79 Å². The van der Waals surface area contributed by atoms with E-state index >= 15 is 0 Å². The van der Waals surface area contributed by atoms with E-state index in [1.165, 1.54) is 18.3 Å². The van der Waals surface area contributed by atoms with Crippen molar-refractivity contribution in [2.24, 2.45) is 11.6 Å². The first-order chi connectivity index (χ1) is 9.10. The second-order valence-electron chi connectivity index (χ2n) is 3.48. The maximum absolute atomic E-state index is 10.9. The molecule has 1 aromatic carbocycles.